The number of thiazole rings is 1. The van der Waals surface area contributed by atoms with Gasteiger partial charge in [0.25, 0.3) is 0 Å². The number of nitrogens with zero attached hydrogens (tertiary/aromatic N) is 4. The highest BCUT2D eigenvalue weighted by molar-refractivity contribution is 7.22. The molecule has 1 aromatic carbocycles. The van der Waals surface area contributed by atoms with Crippen LogP contribution in [0.25, 0.3) is 10.2 Å². The summed E-state index contributed by atoms with van der Waals surface area (Å²) in [5.74, 6) is 0.718. The van der Waals surface area contributed by atoms with Gasteiger partial charge in [-0.15, -0.1) is 0 Å². The Kier molecular flexibility index (Phi) is 5.84. The minimum atomic E-state index is -0.141. The van der Waals surface area contributed by atoms with Gasteiger partial charge in [0.05, 0.1) is 15.2 Å². The van der Waals surface area contributed by atoms with Crippen molar-refractivity contribution >= 4 is 50.1 Å². The molecule has 7 nitrogen and oxygen atoms in total. The van der Waals surface area contributed by atoms with Crippen molar-refractivity contribution in [3.8, 4) is 0 Å². The van der Waals surface area contributed by atoms with E-state index in [1.165, 1.54) is 16.9 Å². The molecule has 3 aromatic rings. The molecule has 1 fully saturated rings. The largest absolute Gasteiger partial charge is 0.396 e. The Morgan fingerprint density at radius 3 is 2.79 bits per heavy atom. The van der Waals surface area contributed by atoms with Crippen LogP contribution in [0.2, 0.25) is 5.02 Å². The van der Waals surface area contributed by atoms with E-state index < -0.39 is 0 Å². The number of aliphatic hydroxyl groups is 1. The number of aromatic nitrogens is 2. The lowest BCUT2D eigenvalue weighted by molar-refractivity contribution is 0.208. The third-order valence-electron chi connectivity index (χ3n) is 4.90. The zero-order valence-electron chi connectivity index (χ0n) is 16.1. The smallest absolute Gasteiger partial charge is 0.323 e. The van der Waals surface area contributed by atoms with E-state index in [4.69, 9.17) is 16.7 Å². The summed E-state index contributed by atoms with van der Waals surface area (Å²) in [6, 6.07) is 7.76. The second kappa shape index (κ2) is 8.52. The number of aliphatic hydroxyl groups excluding tert-OH is 1. The fourth-order valence-corrected chi connectivity index (χ4v) is 4.61. The number of halogens is 1. The molecule has 1 aliphatic heterocycles. The van der Waals surface area contributed by atoms with Crippen LogP contribution in [0.3, 0.4) is 0 Å². The number of aryl methyl sites for hydroxylation is 1. The number of carbonyl (C=O) groups excluding carboxylic acids is 1. The molecule has 2 aromatic heterocycles. The van der Waals surface area contributed by atoms with Crippen LogP contribution < -0.4 is 10.2 Å². The fourth-order valence-electron chi connectivity index (χ4n) is 3.35. The maximum absolute atomic E-state index is 12.6. The molecule has 2 amide bonds. The molecule has 152 valence electrons. The molecule has 9 heteroatoms. The third-order valence-corrected chi connectivity index (χ3v) is 6.11. The first-order chi connectivity index (χ1) is 14.0. The maximum Gasteiger partial charge on any atom is 0.323 e. The van der Waals surface area contributed by atoms with Crippen molar-refractivity contribution in [2.75, 3.05) is 43.0 Å². The van der Waals surface area contributed by atoms with Crippen LogP contribution in [0, 0.1) is 6.92 Å². The lowest BCUT2D eigenvalue weighted by Crippen LogP contribution is -2.50. The number of urea groups is 1. The summed E-state index contributed by atoms with van der Waals surface area (Å²) in [4.78, 5) is 25.4. The molecule has 1 saturated heterocycles. The van der Waals surface area contributed by atoms with Gasteiger partial charge in [-0.25, -0.2) is 14.8 Å². The van der Waals surface area contributed by atoms with E-state index in [1.54, 1.807) is 11.1 Å². The Bertz CT molecular complexity index is 1030. The second-order valence-electron chi connectivity index (χ2n) is 7.02. The van der Waals surface area contributed by atoms with E-state index in [1.807, 2.05) is 25.1 Å². The van der Waals surface area contributed by atoms with Gasteiger partial charge in [0.15, 0.2) is 5.13 Å². The molecule has 4 rings (SSSR count). The summed E-state index contributed by atoms with van der Waals surface area (Å²) in [5.41, 5.74) is 2.98. The first-order valence-corrected chi connectivity index (χ1v) is 10.7. The predicted molar refractivity (Wildman–Crippen MR) is 117 cm³/mol. The molecule has 0 radical (unpaired) electrons. The van der Waals surface area contributed by atoms with E-state index in [2.05, 4.69) is 26.3 Å². The van der Waals surface area contributed by atoms with Crippen molar-refractivity contribution in [2.24, 2.45) is 0 Å². The van der Waals surface area contributed by atoms with E-state index in [-0.39, 0.29) is 12.6 Å². The first kappa shape index (κ1) is 19.9. The van der Waals surface area contributed by atoms with Gasteiger partial charge in [0.1, 0.15) is 5.82 Å². The third kappa shape index (κ3) is 4.44. The van der Waals surface area contributed by atoms with Crippen LogP contribution in [-0.2, 0) is 6.42 Å². The van der Waals surface area contributed by atoms with E-state index in [0.29, 0.717) is 42.8 Å². The number of rotatable bonds is 4. The zero-order chi connectivity index (χ0) is 20.4. The SMILES string of the molecule is Cc1ccc2nc(NC(=O)N3CCN(c4ncc(CCO)cc4Cl)CC3)sc2c1. The maximum atomic E-state index is 12.6. The highest BCUT2D eigenvalue weighted by Crippen LogP contribution is 2.28. The minimum Gasteiger partial charge on any atom is -0.396 e. The molecule has 3 heterocycles. The predicted octanol–water partition coefficient (Wildman–Crippen LogP) is 3.54. The average molecular weight is 432 g/mol. The molecular weight excluding hydrogens is 410 g/mol. The number of carbonyl (C=O) groups is 1. The van der Waals surface area contributed by atoms with Gasteiger partial charge >= 0.3 is 6.03 Å². The summed E-state index contributed by atoms with van der Waals surface area (Å²) >= 11 is 7.85. The lowest BCUT2D eigenvalue weighted by atomic mass is 10.2. The summed E-state index contributed by atoms with van der Waals surface area (Å²) in [6.45, 7) is 4.56. The normalized spacial score (nSPS) is 14.4. The molecule has 0 unspecified atom stereocenters. The van der Waals surface area contributed by atoms with Crippen molar-refractivity contribution < 1.29 is 9.90 Å². The Hall–Kier alpha value is -2.42. The number of amides is 2. The molecule has 0 aliphatic carbocycles. The first-order valence-electron chi connectivity index (χ1n) is 9.47. The van der Waals surface area contributed by atoms with Gasteiger partial charge in [-0.05, 0) is 42.7 Å². The number of benzene rings is 1. The Balaban J connectivity index is 1.36. The minimum absolute atomic E-state index is 0.0689. The molecular formula is C20H22ClN5O2S. The topological polar surface area (TPSA) is 81.6 Å². The second-order valence-corrected chi connectivity index (χ2v) is 8.45. The monoisotopic (exact) mass is 431 g/mol. The quantitative estimate of drug-likeness (QED) is 0.660. The number of hydrogen-bond acceptors (Lipinski definition) is 6. The van der Waals surface area contributed by atoms with E-state index in [0.717, 1.165) is 21.6 Å². The summed E-state index contributed by atoms with van der Waals surface area (Å²) < 4.78 is 1.07. The standard InChI is InChI=1S/C20H22ClN5O2S/c1-13-2-3-16-17(10-13)29-19(23-16)24-20(28)26-7-5-25(6-8-26)18-15(21)11-14(4-9-27)12-22-18/h2-3,10-12,27H,4-9H2,1H3,(H,23,24,28). The van der Waals surface area contributed by atoms with Crippen molar-refractivity contribution in [1.82, 2.24) is 14.9 Å². The van der Waals surface area contributed by atoms with Gasteiger partial charge in [0, 0.05) is 39.0 Å². The van der Waals surface area contributed by atoms with E-state index in [9.17, 15) is 4.79 Å². The Labute approximate surface area is 177 Å². The average Bonchev–Trinajstić information content (AvgIpc) is 3.10. The van der Waals surface area contributed by atoms with Crippen molar-refractivity contribution in [1.29, 1.82) is 0 Å². The van der Waals surface area contributed by atoms with Crippen LogP contribution in [0.4, 0.5) is 15.7 Å². The molecule has 0 bridgehead atoms. The number of fused-ring (bicyclic) bond motifs is 1. The number of anilines is 2. The molecule has 1 aliphatic rings. The van der Waals surface area contributed by atoms with Crippen LogP contribution >= 0.6 is 22.9 Å². The fraction of sp³-hybridized carbons (Fsp3) is 0.350. The lowest BCUT2D eigenvalue weighted by Gasteiger charge is -2.35. The summed E-state index contributed by atoms with van der Waals surface area (Å²) in [7, 11) is 0. The molecule has 2 N–H and O–H groups in total. The molecule has 0 saturated carbocycles. The van der Waals surface area contributed by atoms with Crippen LogP contribution in [0.15, 0.2) is 30.5 Å². The Morgan fingerprint density at radius 1 is 1.28 bits per heavy atom. The van der Waals surface area contributed by atoms with Gasteiger partial charge in [-0.1, -0.05) is 29.0 Å². The molecule has 0 atom stereocenters. The van der Waals surface area contributed by atoms with Crippen molar-refractivity contribution in [3.05, 3.63) is 46.6 Å². The van der Waals surface area contributed by atoms with Crippen molar-refractivity contribution in [3.63, 3.8) is 0 Å². The van der Waals surface area contributed by atoms with Crippen LogP contribution in [-0.4, -0.2) is 58.8 Å². The van der Waals surface area contributed by atoms with Gasteiger partial charge < -0.3 is 14.9 Å². The summed E-state index contributed by atoms with van der Waals surface area (Å²) in [6.07, 6.45) is 2.28. The highest BCUT2D eigenvalue weighted by Gasteiger charge is 2.24. The molecule has 29 heavy (non-hydrogen) atoms. The van der Waals surface area contributed by atoms with Gasteiger partial charge in [0.2, 0.25) is 0 Å². The number of pyridine rings is 1. The molecule has 0 spiro atoms. The zero-order valence-corrected chi connectivity index (χ0v) is 17.6. The number of nitrogens with one attached hydrogen (secondary N) is 1. The van der Waals surface area contributed by atoms with E-state index >= 15 is 0 Å². The highest BCUT2D eigenvalue weighted by atomic mass is 35.5. The number of piperazine rings is 1. The van der Waals surface area contributed by atoms with Crippen LogP contribution in [0.5, 0.6) is 0 Å². The van der Waals surface area contributed by atoms with Gasteiger partial charge in [-0.3, -0.25) is 5.32 Å². The Morgan fingerprint density at radius 2 is 2.07 bits per heavy atom. The summed E-state index contributed by atoms with van der Waals surface area (Å²) in [5, 5.41) is 13.1. The van der Waals surface area contributed by atoms with Crippen molar-refractivity contribution in [2.45, 2.75) is 13.3 Å². The van der Waals surface area contributed by atoms with Crippen LogP contribution in [0.1, 0.15) is 11.1 Å². The van der Waals surface area contributed by atoms with Gasteiger partial charge in [-0.2, -0.15) is 0 Å². The number of hydrogen-bond donors (Lipinski definition) is 2.